The van der Waals surface area contributed by atoms with Crippen LogP contribution in [-0.2, 0) is 9.47 Å². The standard InChI is InChI=1S/C28H44O4/c1-3-5-7-9-10-11-12-13-14-15-16-18-23-32-28(30)26-21-19-20-25(24-26)27(29)31-22-17-8-6-4-2/h15-16,19-21,24H,3-14,17-18,22-23H2,1-2H3/b16-15-. The fourth-order valence-corrected chi connectivity index (χ4v) is 3.48. The van der Waals surface area contributed by atoms with Crippen molar-refractivity contribution in [3.05, 3.63) is 47.5 Å². The van der Waals surface area contributed by atoms with Crippen LogP contribution in [0.25, 0.3) is 0 Å². The Balaban J connectivity index is 2.16. The van der Waals surface area contributed by atoms with E-state index in [9.17, 15) is 9.59 Å². The molecule has 0 aromatic heterocycles. The molecular formula is C28H44O4. The summed E-state index contributed by atoms with van der Waals surface area (Å²) in [6.45, 7) is 5.16. The molecule has 0 amide bonds. The maximum atomic E-state index is 12.3. The molecule has 1 aromatic carbocycles. The number of ether oxygens (including phenoxy) is 2. The van der Waals surface area contributed by atoms with Gasteiger partial charge in [-0.2, -0.15) is 0 Å². The van der Waals surface area contributed by atoms with Gasteiger partial charge < -0.3 is 9.47 Å². The van der Waals surface area contributed by atoms with Gasteiger partial charge >= 0.3 is 11.9 Å². The van der Waals surface area contributed by atoms with Crippen LogP contribution in [0.2, 0.25) is 0 Å². The summed E-state index contributed by atoms with van der Waals surface area (Å²) in [4.78, 5) is 24.4. The number of carbonyl (C=O) groups excluding carboxylic acids is 2. The van der Waals surface area contributed by atoms with Crippen molar-refractivity contribution in [2.24, 2.45) is 0 Å². The Morgan fingerprint density at radius 2 is 1.16 bits per heavy atom. The highest BCUT2D eigenvalue weighted by Crippen LogP contribution is 2.11. The summed E-state index contributed by atoms with van der Waals surface area (Å²) in [6, 6.07) is 6.57. The molecule has 0 aliphatic rings. The molecule has 1 rings (SSSR count). The SMILES string of the molecule is CCCCCCCCCC/C=C\CCOC(=O)c1cccc(C(=O)OCCCCCC)c1. The summed E-state index contributed by atoms with van der Waals surface area (Å²) >= 11 is 0. The molecule has 1 aromatic rings. The average molecular weight is 445 g/mol. The maximum Gasteiger partial charge on any atom is 0.338 e. The smallest absolute Gasteiger partial charge is 0.338 e. The van der Waals surface area contributed by atoms with Crippen LogP contribution in [-0.4, -0.2) is 25.2 Å². The van der Waals surface area contributed by atoms with E-state index in [0.717, 1.165) is 32.1 Å². The predicted octanol–water partition coefficient (Wildman–Crippen LogP) is 8.06. The molecule has 0 aliphatic carbocycles. The first-order chi connectivity index (χ1) is 15.7. The minimum Gasteiger partial charge on any atom is -0.462 e. The number of allylic oxidation sites excluding steroid dienone is 1. The number of carbonyl (C=O) groups is 2. The van der Waals surface area contributed by atoms with Gasteiger partial charge in [0, 0.05) is 0 Å². The van der Waals surface area contributed by atoms with Crippen molar-refractivity contribution in [1.29, 1.82) is 0 Å². The highest BCUT2D eigenvalue weighted by Gasteiger charge is 2.12. The zero-order chi connectivity index (χ0) is 23.3. The van der Waals surface area contributed by atoms with Crippen molar-refractivity contribution in [3.8, 4) is 0 Å². The number of benzene rings is 1. The second kappa shape index (κ2) is 19.6. The third-order valence-electron chi connectivity index (χ3n) is 5.47. The minimum atomic E-state index is -0.404. The first-order valence-electron chi connectivity index (χ1n) is 12.8. The molecule has 32 heavy (non-hydrogen) atoms. The lowest BCUT2D eigenvalue weighted by atomic mass is 10.1. The summed E-state index contributed by atoms with van der Waals surface area (Å²) in [7, 11) is 0. The zero-order valence-electron chi connectivity index (χ0n) is 20.4. The molecule has 0 saturated heterocycles. The molecular weight excluding hydrogens is 400 g/mol. The van der Waals surface area contributed by atoms with Crippen LogP contribution in [0.4, 0.5) is 0 Å². The van der Waals surface area contributed by atoms with Gasteiger partial charge in [0.05, 0.1) is 24.3 Å². The number of rotatable bonds is 19. The van der Waals surface area contributed by atoms with Crippen LogP contribution < -0.4 is 0 Å². The lowest BCUT2D eigenvalue weighted by Crippen LogP contribution is -2.10. The van der Waals surface area contributed by atoms with Gasteiger partial charge in [0.2, 0.25) is 0 Å². The van der Waals surface area contributed by atoms with E-state index in [2.05, 4.69) is 26.0 Å². The van der Waals surface area contributed by atoms with Crippen molar-refractivity contribution < 1.29 is 19.1 Å². The summed E-state index contributed by atoms with van der Waals surface area (Å²) < 4.78 is 10.6. The van der Waals surface area contributed by atoms with E-state index >= 15 is 0 Å². The summed E-state index contributed by atoms with van der Waals surface area (Å²) in [6.07, 6.45) is 20.9. The molecule has 0 heterocycles. The lowest BCUT2D eigenvalue weighted by molar-refractivity contribution is 0.0497. The summed E-state index contributed by atoms with van der Waals surface area (Å²) in [5.41, 5.74) is 0.772. The second-order valence-corrected chi connectivity index (χ2v) is 8.44. The molecule has 0 saturated carbocycles. The fraction of sp³-hybridized carbons (Fsp3) is 0.643. The fourth-order valence-electron chi connectivity index (χ4n) is 3.48. The van der Waals surface area contributed by atoms with Gasteiger partial charge in [-0.25, -0.2) is 9.59 Å². The Kier molecular flexibility index (Phi) is 17.1. The summed E-state index contributed by atoms with van der Waals surface area (Å²) in [5.74, 6) is -0.792. The van der Waals surface area contributed by atoms with Crippen molar-refractivity contribution >= 4 is 11.9 Å². The van der Waals surface area contributed by atoms with Crippen LogP contribution in [0.15, 0.2) is 36.4 Å². The van der Waals surface area contributed by atoms with Gasteiger partial charge in [0.25, 0.3) is 0 Å². The van der Waals surface area contributed by atoms with Crippen molar-refractivity contribution in [3.63, 3.8) is 0 Å². The zero-order valence-corrected chi connectivity index (χ0v) is 20.4. The molecule has 0 aliphatic heterocycles. The Bertz CT molecular complexity index is 651. The molecule has 0 unspecified atom stereocenters. The third kappa shape index (κ3) is 14.1. The molecule has 180 valence electrons. The Labute approximate surface area is 195 Å². The van der Waals surface area contributed by atoms with Crippen molar-refractivity contribution in [2.75, 3.05) is 13.2 Å². The van der Waals surface area contributed by atoms with E-state index in [-0.39, 0.29) is 5.97 Å². The van der Waals surface area contributed by atoms with Gasteiger partial charge in [-0.05, 0) is 43.9 Å². The summed E-state index contributed by atoms with van der Waals surface area (Å²) in [5, 5.41) is 0. The first kappa shape index (κ1) is 27.9. The minimum absolute atomic E-state index is 0.346. The highest BCUT2D eigenvalue weighted by atomic mass is 16.5. The van der Waals surface area contributed by atoms with E-state index in [1.807, 2.05) is 0 Å². The Hall–Kier alpha value is -2.10. The highest BCUT2D eigenvalue weighted by molar-refractivity contribution is 5.95. The quantitative estimate of drug-likeness (QED) is 0.123. The molecule has 0 bridgehead atoms. The van der Waals surface area contributed by atoms with Crippen LogP contribution >= 0.6 is 0 Å². The molecule has 4 heteroatoms. The van der Waals surface area contributed by atoms with Crippen LogP contribution in [0.3, 0.4) is 0 Å². The Morgan fingerprint density at radius 3 is 1.78 bits per heavy atom. The number of unbranched alkanes of at least 4 members (excludes halogenated alkanes) is 11. The van der Waals surface area contributed by atoms with E-state index < -0.39 is 5.97 Å². The largest absolute Gasteiger partial charge is 0.462 e. The Morgan fingerprint density at radius 1 is 0.656 bits per heavy atom. The second-order valence-electron chi connectivity index (χ2n) is 8.44. The van der Waals surface area contributed by atoms with Gasteiger partial charge in [-0.3, -0.25) is 0 Å². The van der Waals surface area contributed by atoms with Crippen LogP contribution in [0.1, 0.15) is 124 Å². The topological polar surface area (TPSA) is 52.6 Å². The molecule has 0 spiro atoms. The van der Waals surface area contributed by atoms with Crippen LogP contribution in [0, 0.1) is 0 Å². The molecule has 0 fully saturated rings. The molecule has 0 atom stereocenters. The average Bonchev–Trinajstić information content (AvgIpc) is 2.81. The van der Waals surface area contributed by atoms with Crippen LogP contribution in [0.5, 0.6) is 0 Å². The molecule has 4 nitrogen and oxygen atoms in total. The molecule has 0 radical (unpaired) electrons. The van der Waals surface area contributed by atoms with E-state index in [1.54, 1.807) is 24.3 Å². The maximum absolute atomic E-state index is 12.3. The monoisotopic (exact) mass is 444 g/mol. The number of hydrogen-bond acceptors (Lipinski definition) is 4. The first-order valence-corrected chi connectivity index (χ1v) is 12.8. The van der Waals surface area contributed by atoms with E-state index in [1.165, 1.54) is 51.4 Å². The third-order valence-corrected chi connectivity index (χ3v) is 5.47. The van der Waals surface area contributed by atoms with Gasteiger partial charge in [-0.1, -0.05) is 96.3 Å². The number of hydrogen-bond donors (Lipinski definition) is 0. The van der Waals surface area contributed by atoms with Gasteiger partial charge in [-0.15, -0.1) is 0 Å². The van der Waals surface area contributed by atoms with E-state index in [0.29, 0.717) is 30.8 Å². The van der Waals surface area contributed by atoms with Crippen molar-refractivity contribution in [1.82, 2.24) is 0 Å². The normalized spacial score (nSPS) is 11.1. The van der Waals surface area contributed by atoms with Crippen molar-refractivity contribution in [2.45, 2.75) is 104 Å². The number of esters is 2. The van der Waals surface area contributed by atoms with Gasteiger partial charge in [0.15, 0.2) is 0 Å². The lowest BCUT2D eigenvalue weighted by Gasteiger charge is -2.07. The van der Waals surface area contributed by atoms with E-state index in [4.69, 9.17) is 9.47 Å². The predicted molar refractivity (Wildman–Crippen MR) is 132 cm³/mol. The molecule has 0 N–H and O–H groups in total. The van der Waals surface area contributed by atoms with Gasteiger partial charge in [0.1, 0.15) is 0 Å².